The molecule has 0 radical (unpaired) electrons. The van der Waals surface area contributed by atoms with E-state index in [4.69, 9.17) is 28.2 Å². The molecule has 1 aliphatic carbocycles. The first kappa shape index (κ1) is 51.9. The Kier molecular flexibility index (Phi) is 17.8. The Hall–Kier alpha value is -5.06. The average Bonchev–Trinajstić information content (AvgIpc) is 3.68. The van der Waals surface area contributed by atoms with Crippen LogP contribution in [0.5, 0.6) is 11.8 Å². The third kappa shape index (κ3) is 13.8. The van der Waals surface area contributed by atoms with E-state index in [1.807, 2.05) is 36.1 Å². The molecule has 3 heterocycles. The zero-order chi connectivity index (χ0) is 48.3. The third-order valence-electron chi connectivity index (χ3n) is 11.2. The fourth-order valence-electron chi connectivity index (χ4n) is 7.87. The molecule has 1 aromatic carbocycles. The number of nitrogens with zero attached hydrogens (tertiary/aromatic N) is 3. The number of benzene rings is 2. The van der Waals surface area contributed by atoms with Crippen LogP contribution in [0.25, 0.3) is 17.4 Å². The minimum Gasteiger partial charge on any atom is -0.492 e. The van der Waals surface area contributed by atoms with E-state index in [0.717, 1.165) is 28.6 Å². The van der Waals surface area contributed by atoms with Crippen LogP contribution in [0.15, 0.2) is 81.8 Å². The van der Waals surface area contributed by atoms with E-state index in [1.54, 1.807) is 32.4 Å². The summed E-state index contributed by atoms with van der Waals surface area (Å²) in [7, 11) is -5.74. The number of aromatic nitrogens is 1. The van der Waals surface area contributed by atoms with Crippen LogP contribution in [-0.4, -0.2) is 126 Å². The maximum atomic E-state index is 12.9. The highest BCUT2D eigenvalue weighted by molar-refractivity contribution is 7.86. The van der Waals surface area contributed by atoms with Crippen LogP contribution in [0.4, 0.5) is 5.69 Å². The molecule has 1 atom stereocenters. The summed E-state index contributed by atoms with van der Waals surface area (Å²) >= 11 is 0. The number of allylic oxidation sites excluding steroid dienone is 3. The van der Waals surface area contributed by atoms with Gasteiger partial charge in [-0.3, -0.25) is 9.11 Å². The molecular weight excluding hydrogens is 899 g/mol. The quantitative estimate of drug-likeness (QED) is 0.0410. The monoisotopic (exact) mass is 960 g/mol. The lowest BCUT2D eigenvalue weighted by atomic mass is 9.77. The van der Waals surface area contributed by atoms with Crippen LogP contribution in [0.2, 0.25) is 0 Å². The van der Waals surface area contributed by atoms with E-state index in [9.17, 15) is 40.9 Å². The number of carbonyl (C=O) groups is 1. The molecule has 1 unspecified atom stereocenters. The molecule has 20 heteroatoms. The summed E-state index contributed by atoms with van der Waals surface area (Å²) in [4.78, 5) is 19.5. The van der Waals surface area contributed by atoms with Gasteiger partial charge >= 0.3 is 5.97 Å². The largest absolute Gasteiger partial charge is 0.492 e. The zero-order valence-electron chi connectivity index (χ0n) is 38.3. The average molecular weight is 961 g/mol. The van der Waals surface area contributed by atoms with E-state index >= 15 is 0 Å². The van der Waals surface area contributed by atoms with Gasteiger partial charge < -0.3 is 43.3 Å². The number of carbonyl (C=O) groups excluding carboxylic acids is 1. The highest BCUT2D eigenvalue weighted by Gasteiger charge is 2.44. The van der Waals surface area contributed by atoms with Gasteiger partial charge in [-0.05, 0) is 85.2 Å². The second-order valence-electron chi connectivity index (χ2n) is 17.0. The van der Waals surface area contributed by atoms with Crippen LogP contribution < -0.4 is 19.7 Å². The fourth-order valence-corrected chi connectivity index (χ4v) is 8.87. The van der Waals surface area contributed by atoms with Gasteiger partial charge in [0.25, 0.3) is 20.2 Å². The van der Waals surface area contributed by atoms with Crippen LogP contribution in [0, 0.1) is 0 Å². The molecule has 5 rings (SSSR count). The first-order valence-electron chi connectivity index (χ1n) is 21.5. The third-order valence-corrected chi connectivity index (χ3v) is 12.8. The van der Waals surface area contributed by atoms with E-state index in [1.165, 1.54) is 18.2 Å². The van der Waals surface area contributed by atoms with Crippen molar-refractivity contribution in [2.75, 3.05) is 84.1 Å². The fraction of sp³-hybridized carbons (Fsp3) is 0.478. The van der Waals surface area contributed by atoms with Gasteiger partial charge in [0.1, 0.15) is 24.7 Å². The highest BCUT2D eigenvalue weighted by atomic mass is 32.2. The van der Waals surface area contributed by atoms with Crippen molar-refractivity contribution in [2.24, 2.45) is 0 Å². The molecule has 362 valence electrons. The summed E-state index contributed by atoms with van der Waals surface area (Å²) in [6.07, 6.45) is 5.56. The second kappa shape index (κ2) is 22.6. The van der Waals surface area contributed by atoms with Crippen molar-refractivity contribution in [2.45, 2.75) is 69.1 Å². The normalized spacial score (nSPS) is 16.2. The van der Waals surface area contributed by atoms with E-state index in [2.05, 4.69) is 25.3 Å². The minimum absolute atomic E-state index is 0.00149. The Labute approximate surface area is 386 Å². The molecule has 0 fully saturated rings. The molecule has 1 aromatic heterocycles. The van der Waals surface area contributed by atoms with Gasteiger partial charge in [0.2, 0.25) is 17.1 Å². The number of methoxy groups -OCH3 is 2. The lowest BCUT2D eigenvalue weighted by Gasteiger charge is -2.30. The van der Waals surface area contributed by atoms with Gasteiger partial charge in [-0.2, -0.15) is 16.8 Å². The van der Waals surface area contributed by atoms with E-state index < -0.39 is 49.1 Å². The van der Waals surface area contributed by atoms with Crippen molar-refractivity contribution in [3.63, 3.8) is 0 Å². The summed E-state index contributed by atoms with van der Waals surface area (Å²) in [6.45, 7) is 12.2. The molecule has 66 heavy (non-hydrogen) atoms. The van der Waals surface area contributed by atoms with Crippen LogP contribution >= 0.6 is 0 Å². The molecule has 0 saturated heterocycles. The topological polar surface area (TPSA) is 237 Å². The molecular formula is C46H62N3O15S2+. The number of ether oxygens (including phenoxy) is 4. The summed E-state index contributed by atoms with van der Waals surface area (Å²) in [5, 5.41) is 20.8. The minimum atomic E-state index is -4.66. The van der Waals surface area contributed by atoms with Gasteiger partial charge in [0.15, 0.2) is 13.1 Å². The van der Waals surface area contributed by atoms with Crippen molar-refractivity contribution in [3.05, 3.63) is 94.7 Å². The van der Waals surface area contributed by atoms with Gasteiger partial charge in [0, 0.05) is 67.7 Å². The molecule has 18 nitrogen and oxygen atoms in total. The smallest absolute Gasteiger partial charge is 0.333 e. The van der Waals surface area contributed by atoms with Crippen molar-refractivity contribution in [3.8, 4) is 23.1 Å². The van der Waals surface area contributed by atoms with E-state index in [-0.39, 0.29) is 42.5 Å². The molecule has 0 spiro atoms. The molecule has 0 amide bonds. The SMILES string of the molecule is COCCOCC[N+](CCOCCOC)=c1ccc2c(C(C)(C)C)cc(C=CC=C3N(CCCS(=O)(=O)O)c4ccc(S(=O)(=O)O)cc4C3(C)CCCC(=O)On3c(O)ccc3O)oc-2c1. The Morgan fingerprint density at radius 2 is 1.50 bits per heavy atom. The van der Waals surface area contributed by atoms with Crippen molar-refractivity contribution in [1.82, 2.24) is 9.31 Å². The van der Waals surface area contributed by atoms with Crippen LogP contribution in [-0.2, 0) is 54.8 Å². The first-order valence-corrected chi connectivity index (χ1v) is 24.6. The summed E-state index contributed by atoms with van der Waals surface area (Å²) in [6, 6.07) is 14.5. The van der Waals surface area contributed by atoms with Gasteiger partial charge in [-0.15, -0.1) is 4.73 Å². The Morgan fingerprint density at radius 1 is 0.848 bits per heavy atom. The number of hydrogen-bond acceptors (Lipinski definition) is 14. The number of anilines is 1. The summed E-state index contributed by atoms with van der Waals surface area (Å²) in [5.74, 6) is -1.13. The number of rotatable bonds is 24. The second-order valence-corrected chi connectivity index (χ2v) is 20.0. The van der Waals surface area contributed by atoms with Crippen molar-refractivity contribution >= 4 is 38.0 Å². The molecule has 4 N–H and O–H groups in total. The first-order chi connectivity index (χ1) is 31.2. The van der Waals surface area contributed by atoms with Gasteiger partial charge in [-0.25, -0.2) is 9.37 Å². The predicted molar refractivity (Wildman–Crippen MR) is 247 cm³/mol. The number of fused-ring (bicyclic) bond motifs is 2. The molecule has 0 bridgehead atoms. The summed E-state index contributed by atoms with van der Waals surface area (Å²) < 4.78 is 99.4. The Bertz CT molecular complexity index is 2590. The Morgan fingerprint density at radius 3 is 2.09 bits per heavy atom. The highest BCUT2D eigenvalue weighted by Crippen LogP contribution is 2.51. The van der Waals surface area contributed by atoms with Crippen LogP contribution in [0.1, 0.15) is 70.3 Å². The maximum Gasteiger partial charge on any atom is 0.333 e. The molecule has 3 aliphatic rings. The van der Waals surface area contributed by atoms with Gasteiger partial charge in [-0.1, -0.05) is 26.8 Å². The van der Waals surface area contributed by atoms with Crippen LogP contribution in [0.3, 0.4) is 0 Å². The predicted octanol–water partition coefficient (Wildman–Crippen LogP) is 5.02. The van der Waals surface area contributed by atoms with Crippen molar-refractivity contribution < 1.29 is 69.2 Å². The molecule has 2 aromatic rings. The maximum absolute atomic E-state index is 12.9. The number of hydrogen-bond donors (Lipinski definition) is 4. The lowest BCUT2D eigenvalue weighted by Crippen LogP contribution is -2.36. The zero-order valence-corrected chi connectivity index (χ0v) is 39.9. The lowest BCUT2D eigenvalue weighted by molar-refractivity contribution is -0.145. The molecule has 0 saturated carbocycles. The molecule has 2 aliphatic heterocycles. The standard InChI is InChI=1S/C46H61N3O15S2/c1-45(2,3)37-31-34(63-40-30-33(13-15-36(37)40)47(21-23-61-27-25-59-5)22-24-62-28-26-60-6)10-7-11-41-46(4,19-8-12-44(52)64-49-42(50)17-18-43(49)51)38-32-35(66(56,57)58)14-16-39(38)48(41)20-9-29-65(53,54)55/h7,10-11,13-18,30-32H,8-9,12,19-29H2,1-6H3,(H3-,50,51,53,54,55,56,57,58)/p+1. The van der Waals surface area contributed by atoms with E-state index in [0.29, 0.717) is 85.9 Å². The van der Waals surface area contributed by atoms with Crippen molar-refractivity contribution in [1.29, 1.82) is 0 Å². The van der Waals surface area contributed by atoms with Gasteiger partial charge in [0.05, 0.1) is 43.1 Å². The number of aromatic hydroxyl groups is 2. The Balaban J connectivity index is 1.58. The summed E-state index contributed by atoms with van der Waals surface area (Å²) in [5.41, 5.74) is 2.20.